The topological polar surface area (TPSA) is 88.6 Å². The lowest BCUT2D eigenvalue weighted by atomic mass is 9.88. The third-order valence-electron chi connectivity index (χ3n) is 14.4. The Labute approximate surface area is 429 Å². The van der Waals surface area contributed by atoms with Gasteiger partial charge in [0.05, 0.1) is 19.8 Å². The monoisotopic (exact) mass is 978 g/mol. The van der Waals surface area contributed by atoms with Crippen LogP contribution in [0, 0.1) is 5.41 Å². The second-order valence-corrected chi connectivity index (χ2v) is 21.1. The molecule has 0 spiro atoms. The molecule has 0 saturated heterocycles. The summed E-state index contributed by atoms with van der Waals surface area (Å²) < 4.78 is 19.2. The fourth-order valence-electron chi connectivity index (χ4n) is 9.35. The minimum Gasteiger partial charge on any atom is -0.371 e. The van der Waals surface area contributed by atoms with Crippen molar-refractivity contribution in [3.05, 3.63) is 0 Å². The van der Waals surface area contributed by atoms with Crippen LogP contribution in [0.1, 0.15) is 286 Å². The maximum absolute atomic E-state index is 13.9. The number of ether oxygens (including phenoxy) is 3. The van der Waals surface area contributed by atoms with Gasteiger partial charge in [-0.3, -0.25) is 14.4 Å². The SMILES string of the molecule is CCCCCCCCN(CCCCCCCC)C(=O)COCC(CC)(COCC(=O)N(CCCCCCCC)CCCCCCCC)COCC(=O)N(CCCCCCCC)CCCCCCCC. The number of rotatable bonds is 55. The number of hydrogen-bond donors (Lipinski definition) is 0. The average Bonchev–Trinajstić information content (AvgIpc) is 3.35. The molecule has 0 N–H and O–H groups in total. The van der Waals surface area contributed by atoms with E-state index in [4.69, 9.17) is 14.2 Å². The summed E-state index contributed by atoms with van der Waals surface area (Å²) in [6.07, 6.45) is 43.7. The van der Waals surface area contributed by atoms with E-state index in [1.54, 1.807) is 0 Å². The van der Waals surface area contributed by atoms with Crippen LogP contribution in [0.3, 0.4) is 0 Å². The van der Waals surface area contributed by atoms with Crippen molar-refractivity contribution in [2.24, 2.45) is 5.41 Å². The highest BCUT2D eigenvalue weighted by Crippen LogP contribution is 2.25. The molecule has 410 valence electrons. The van der Waals surface area contributed by atoms with Gasteiger partial charge in [0.25, 0.3) is 0 Å². The van der Waals surface area contributed by atoms with E-state index in [-0.39, 0.29) is 57.4 Å². The molecule has 3 amide bonds. The largest absolute Gasteiger partial charge is 0.371 e. The summed E-state index contributed by atoms with van der Waals surface area (Å²) in [7, 11) is 0. The van der Waals surface area contributed by atoms with Gasteiger partial charge in [0.1, 0.15) is 19.8 Å². The van der Waals surface area contributed by atoms with Crippen LogP contribution in [0.5, 0.6) is 0 Å². The first kappa shape index (κ1) is 67.3. The first-order chi connectivity index (χ1) is 33.8. The second kappa shape index (κ2) is 51.2. The van der Waals surface area contributed by atoms with Gasteiger partial charge in [0, 0.05) is 44.7 Å². The van der Waals surface area contributed by atoms with Gasteiger partial charge in [-0.2, -0.15) is 0 Å². The molecule has 0 bridgehead atoms. The third kappa shape index (κ3) is 40.5. The van der Waals surface area contributed by atoms with E-state index >= 15 is 0 Å². The molecule has 0 aromatic heterocycles. The number of carbonyl (C=O) groups is 3. The lowest BCUT2D eigenvalue weighted by Gasteiger charge is -2.33. The van der Waals surface area contributed by atoms with Gasteiger partial charge in [-0.25, -0.2) is 0 Å². The van der Waals surface area contributed by atoms with E-state index in [0.717, 1.165) is 116 Å². The molecule has 9 nitrogen and oxygen atoms in total. The van der Waals surface area contributed by atoms with Crippen LogP contribution in [0.15, 0.2) is 0 Å². The summed E-state index contributed by atoms with van der Waals surface area (Å²) in [6, 6.07) is 0. The Balaban J connectivity index is 6.04. The van der Waals surface area contributed by atoms with Gasteiger partial charge in [-0.15, -0.1) is 0 Å². The van der Waals surface area contributed by atoms with Crippen molar-refractivity contribution in [2.45, 2.75) is 286 Å². The zero-order valence-corrected chi connectivity index (χ0v) is 47.4. The first-order valence-corrected chi connectivity index (χ1v) is 30.3. The Bertz CT molecular complexity index is 943. The highest BCUT2D eigenvalue weighted by atomic mass is 16.5. The first-order valence-electron chi connectivity index (χ1n) is 30.3. The summed E-state index contributed by atoms with van der Waals surface area (Å²) in [5.41, 5.74) is -0.614. The summed E-state index contributed by atoms with van der Waals surface area (Å²) in [5.74, 6) is 0.151. The molecule has 0 unspecified atom stereocenters. The Kier molecular flexibility index (Phi) is 49.9. The summed E-state index contributed by atoms with van der Waals surface area (Å²) in [5, 5.41) is 0. The molecule has 0 heterocycles. The third-order valence-corrected chi connectivity index (χ3v) is 14.4. The van der Waals surface area contributed by atoms with E-state index in [0.29, 0.717) is 6.42 Å². The highest BCUT2D eigenvalue weighted by molar-refractivity contribution is 5.78. The molecule has 0 saturated carbocycles. The average molecular weight is 979 g/mol. The van der Waals surface area contributed by atoms with E-state index in [9.17, 15) is 14.4 Å². The number of carbonyl (C=O) groups excluding carboxylic acids is 3. The number of nitrogens with zero attached hydrogens (tertiary/aromatic N) is 3. The van der Waals surface area contributed by atoms with Crippen LogP contribution in [0.2, 0.25) is 0 Å². The molecule has 0 aromatic rings. The predicted molar refractivity (Wildman–Crippen MR) is 295 cm³/mol. The summed E-state index contributed by atoms with van der Waals surface area (Å²) in [6.45, 7) is 21.1. The lowest BCUT2D eigenvalue weighted by molar-refractivity contribution is -0.145. The maximum Gasteiger partial charge on any atom is 0.248 e. The second-order valence-electron chi connectivity index (χ2n) is 21.1. The zero-order chi connectivity index (χ0) is 50.7. The molecular weight excluding hydrogens is 859 g/mol. The highest BCUT2D eigenvalue weighted by Gasteiger charge is 2.32. The fourth-order valence-corrected chi connectivity index (χ4v) is 9.35. The quantitative estimate of drug-likeness (QED) is 0.0564. The zero-order valence-electron chi connectivity index (χ0n) is 47.4. The van der Waals surface area contributed by atoms with E-state index in [1.807, 2.05) is 14.7 Å². The Morgan fingerprint density at radius 2 is 0.449 bits per heavy atom. The van der Waals surface area contributed by atoms with Crippen LogP contribution in [-0.4, -0.2) is 111 Å². The van der Waals surface area contributed by atoms with Crippen LogP contribution in [0.25, 0.3) is 0 Å². The molecule has 69 heavy (non-hydrogen) atoms. The Morgan fingerprint density at radius 1 is 0.275 bits per heavy atom. The van der Waals surface area contributed by atoms with Crippen molar-refractivity contribution in [3.63, 3.8) is 0 Å². The van der Waals surface area contributed by atoms with Crippen molar-refractivity contribution < 1.29 is 28.6 Å². The van der Waals surface area contributed by atoms with Crippen molar-refractivity contribution in [1.29, 1.82) is 0 Å². The number of hydrogen-bond acceptors (Lipinski definition) is 6. The minimum atomic E-state index is -0.614. The molecule has 0 rings (SSSR count). The minimum absolute atomic E-state index is 0.0138. The standard InChI is InChI=1S/C60H119N3O6/c1-8-15-21-27-33-39-45-61(46-40-34-28-22-16-9-2)57(64)51-67-54-60(14-7,55-68-52-58(65)62(47-41-35-29-23-17-10-3)48-42-36-30-24-18-11-4)56-69-53-59(66)63(49-43-37-31-25-19-12-5)50-44-38-32-26-20-13-6/h8-56H2,1-7H3. The maximum atomic E-state index is 13.9. The van der Waals surface area contributed by atoms with Gasteiger partial charge in [0.2, 0.25) is 17.7 Å². The number of unbranched alkanes of at least 4 members (excludes halogenated alkanes) is 30. The lowest BCUT2D eigenvalue weighted by Crippen LogP contribution is -2.42. The van der Waals surface area contributed by atoms with Crippen molar-refractivity contribution in [2.75, 3.05) is 78.9 Å². The van der Waals surface area contributed by atoms with Gasteiger partial charge in [-0.1, -0.05) is 241 Å². The molecule has 0 aliphatic rings. The molecule has 0 aliphatic heterocycles. The van der Waals surface area contributed by atoms with E-state index in [2.05, 4.69) is 48.5 Å². The molecule has 0 fully saturated rings. The van der Waals surface area contributed by atoms with Gasteiger partial charge in [0.15, 0.2) is 0 Å². The normalized spacial score (nSPS) is 11.7. The fraction of sp³-hybridized carbons (Fsp3) is 0.950. The molecule has 0 aromatic carbocycles. The van der Waals surface area contributed by atoms with Crippen LogP contribution >= 0.6 is 0 Å². The van der Waals surface area contributed by atoms with Crippen LogP contribution in [-0.2, 0) is 28.6 Å². The Hall–Kier alpha value is -1.71. The number of amides is 3. The van der Waals surface area contributed by atoms with Gasteiger partial charge in [-0.05, 0) is 44.9 Å². The predicted octanol–water partition coefficient (Wildman–Crippen LogP) is 16.1. The molecular formula is C60H119N3O6. The van der Waals surface area contributed by atoms with Gasteiger partial charge < -0.3 is 28.9 Å². The van der Waals surface area contributed by atoms with E-state index < -0.39 is 5.41 Å². The van der Waals surface area contributed by atoms with Crippen molar-refractivity contribution in [1.82, 2.24) is 14.7 Å². The Morgan fingerprint density at radius 3 is 0.623 bits per heavy atom. The molecule has 0 atom stereocenters. The van der Waals surface area contributed by atoms with Crippen LogP contribution < -0.4 is 0 Å². The molecule has 0 aliphatic carbocycles. The van der Waals surface area contributed by atoms with Gasteiger partial charge >= 0.3 is 0 Å². The molecule has 0 radical (unpaired) electrons. The van der Waals surface area contributed by atoms with E-state index in [1.165, 1.54) is 154 Å². The smallest absolute Gasteiger partial charge is 0.248 e. The summed E-state index contributed by atoms with van der Waals surface area (Å²) in [4.78, 5) is 47.8. The van der Waals surface area contributed by atoms with Crippen molar-refractivity contribution in [3.8, 4) is 0 Å². The summed E-state index contributed by atoms with van der Waals surface area (Å²) >= 11 is 0. The van der Waals surface area contributed by atoms with Crippen molar-refractivity contribution >= 4 is 17.7 Å². The van der Waals surface area contributed by atoms with Crippen LogP contribution in [0.4, 0.5) is 0 Å². The molecule has 9 heteroatoms.